The van der Waals surface area contributed by atoms with Crippen molar-refractivity contribution in [1.82, 2.24) is 9.80 Å². The number of fused-ring (bicyclic) bond motifs is 6. The molecule has 7 aliphatic rings. The van der Waals surface area contributed by atoms with Crippen molar-refractivity contribution >= 4 is 23.5 Å². The Hall–Kier alpha value is -4.08. The van der Waals surface area contributed by atoms with Gasteiger partial charge in [-0.1, -0.05) is 90.2 Å². The number of nitrogens with zero attached hydrogens (tertiary/aromatic N) is 2. The van der Waals surface area contributed by atoms with Gasteiger partial charge in [-0.05, 0) is 136 Å². The van der Waals surface area contributed by atoms with Gasteiger partial charge in [0.2, 0.25) is 0 Å². The minimum Gasteiger partial charge on any atom is -0.462 e. The average Bonchev–Trinajstić information content (AvgIpc) is 0.989. The Balaban J connectivity index is 0.000000340. The zero-order valence-electron chi connectivity index (χ0n) is 65.8. The highest BCUT2D eigenvalue weighted by atomic mass is 16.7. The largest absolute Gasteiger partial charge is 0.462 e. The lowest BCUT2D eigenvalue weighted by molar-refractivity contribution is -0.307. The Kier molecular flexibility index (Phi) is 37.2. The fraction of sp³-hybridized carbons (Fsp3) is 0.797. The average molecular weight is 1490 g/mol. The summed E-state index contributed by atoms with van der Waals surface area (Å²) in [4.78, 5) is 58.4. The monoisotopic (exact) mass is 1490 g/mol. The molecule has 0 aliphatic carbocycles. The first-order valence-corrected chi connectivity index (χ1v) is 37.9. The second-order valence-corrected chi connectivity index (χ2v) is 30.6. The number of hydrogen-bond acceptors (Lipinski definition) is 26. The molecule has 5 N–H and O–H groups in total. The predicted octanol–water partition coefficient (Wildman–Crippen LogP) is 6.44. The summed E-state index contributed by atoms with van der Waals surface area (Å²) in [5, 5.41) is 54.9. The van der Waals surface area contributed by atoms with E-state index in [9.17, 15) is 44.7 Å². The fourth-order valence-corrected chi connectivity index (χ4v) is 15.7. The molecule has 0 saturated carbocycles. The van der Waals surface area contributed by atoms with E-state index >= 15 is 0 Å². The summed E-state index contributed by atoms with van der Waals surface area (Å²) in [5.41, 5.74) is 2.99. The first-order valence-electron chi connectivity index (χ1n) is 37.9. The van der Waals surface area contributed by atoms with E-state index in [0.29, 0.717) is 57.3 Å². The van der Waals surface area contributed by atoms with Gasteiger partial charge in [-0.25, -0.2) is 0 Å². The van der Waals surface area contributed by atoms with E-state index in [2.05, 4.69) is 13.2 Å². The minimum atomic E-state index is -1.20. The number of esters is 2. The summed E-state index contributed by atoms with van der Waals surface area (Å²) in [6.07, 6.45) is -1.17. The van der Waals surface area contributed by atoms with Crippen molar-refractivity contribution in [2.45, 2.75) is 256 Å². The normalized spacial score (nSPS) is 42.2. The van der Waals surface area contributed by atoms with Crippen LogP contribution in [0.5, 0.6) is 0 Å². The zero-order chi connectivity index (χ0) is 77.7. The van der Waals surface area contributed by atoms with Gasteiger partial charge in [-0.2, -0.15) is 0 Å². The first kappa shape index (κ1) is 89.8. The predicted molar refractivity (Wildman–Crippen MR) is 391 cm³/mol. The van der Waals surface area contributed by atoms with Crippen molar-refractivity contribution in [2.24, 2.45) is 47.3 Å². The van der Waals surface area contributed by atoms with Crippen LogP contribution in [0.4, 0.5) is 0 Å². The van der Waals surface area contributed by atoms with Crippen LogP contribution in [-0.2, 0) is 90.2 Å². The second-order valence-electron chi connectivity index (χ2n) is 30.6. The second kappa shape index (κ2) is 43.5. The standard InChI is InChI=1S/C44H73NO14.C35H57NO10/c1-13-33-31(23-55-44-42(52-12)41(51-11)40(50-10)29(7)57-44)18-24(2)14-15-32(46)26(4)19-30-16-17-53-21-25(3)22-54-34(20-35(47)58-33)27(5)39(30)59-43-38(49)36(45(8)9)37(48)28(6)56-43;1-9-28-26(17-37)14-20(2)10-11-27(38)22(4)15-25-12-13-42-18-21(3)19-43-29(16-30(39)45-28)23(5)34(25)46-35-33(41)31(36(7)8)32(40)24(6)44-35/h14-15,18,26-31,33-34,36-44,48-49H,3,13,16-17,19-23H2,1-2,4-12H3;10-11,14,22-26,28-29,31-35,37,40-41H,3,9,12-13,15-19H2,1-2,4-8H3/b15-14+,24-18+;11-10+,20-14+/t26-,27+,28-,29-,30+,31-,33-,34-,36+,37-,38-,39-,40-,41-,42-,43?,44?;22-,23+,24-,25+,26-,28-,29-,31+,32-,33-,34-,35?/m11/s1. The van der Waals surface area contributed by atoms with Crippen LogP contribution >= 0.6 is 0 Å². The number of likely N-dealkylation sites (N-methyl/N-ethyl adjacent to an activating group) is 2. The van der Waals surface area contributed by atoms with Gasteiger partial charge in [-0.3, -0.25) is 19.2 Å². The molecule has 0 aromatic rings. The van der Waals surface area contributed by atoms with Gasteiger partial charge in [0.25, 0.3) is 0 Å². The van der Waals surface area contributed by atoms with Gasteiger partial charge in [-0.15, -0.1) is 0 Å². The molecule has 5 saturated heterocycles. The summed E-state index contributed by atoms with van der Waals surface area (Å²) < 4.78 is 92.7. The Labute approximate surface area is 624 Å². The number of ether oxygens (including phenoxy) is 15. The number of hydrogen-bond donors (Lipinski definition) is 5. The first-order chi connectivity index (χ1) is 49.8. The molecule has 7 heterocycles. The maximum absolute atomic E-state index is 14.2. The third-order valence-electron chi connectivity index (χ3n) is 21.9. The van der Waals surface area contributed by atoms with Crippen LogP contribution in [0, 0.1) is 47.3 Å². The maximum atomic E-state index is 14.2. The highest BCUT2D eigenvalue weighted by Crippen LogP contribution is 2.39. The number of rotatable bonds is 15. The molecule has 7 rings (SSSR count). The van der Waals surface area contributed by atoms with Crippen LogP contribution in [0.1, 0.15) is 128 Å². The Morgan fingerprint density at radius 3 is 1.30 bits per heavy atom. The molecule has 105 heavy (non-hydrogen) atoms. The van der Waals surface area contributed by atoms with Crippen LogP contribution in [-0.4, -0.2) is 290 Å². The van der Waals surface area contributed by atoms with Crippen LogP contribution in [0.15, 0.2) is 71.9 Å². The van der Waals surface area contributed by atoms with Crippen molar-refractivity contribution < 1.29 is 116 Å². The minimum absolute atomic E-state index is 0.0555. The molecule has 7 aliphatic heterocycles. The van der Waals surface area contributed by atoms with Crippen molar-refractivity contribution in [3.05, 3.63) is 71.9 Å². The van der Waals surface area contributed by atoms with Crippen LogP contribution in [0.25, 0.3) is 0 Å². The number of aliphatic hydroxyl groups is 5. The third kappa shape index (κ3) is 25.2. The molecule has 0 amide bonds. The topological polar surface area (TPSA) is 314 Å². The number of carbonyl (C=O) groups excluding carboxylic acids is 4. The number of cyclic esters (lactones) is 2. The molecule has 600 valence electrons. The van der Waals surface area contributed by atoms with E-state index in [1.54, 1.807) is 97.5 Å². The molecule has 0 aromatic heterocycles. The summed E-state index contributed by atoms with van der Waals surface area (Å²) in [5.74, 6) is -4.19. The van der Waals surface area contributed by atoms with Crippen molar-refractivity contribution in [3.63, 3.8) is 0 Å². The molecular weight excluding hydrogens is 1360 g/mol. The highest BCUT2D eigenvalue weighted by Gasteiger charge is 2.51. The smallest absolute Gasteiger partial charge is 0.308 e. The zero-order valence-corrected chi connectivity index (χ0v) is 65.8. The van der Waals surface area contributed by atoms with Crippen LogP contribution < -0.4 is 0 Å². The lowest BCUT2D eigenvalue weighted by atomic mass is 9.79. The lowest BCUT2D eigenvalue weighted by Crippen LogP contribution is -2.63. The van der Waals surface area contributed by atoms with Crippen molar-refractivity contribution in [3.8, 4) is 0 Å². The van der Waals surface area contributed by atoms with E-state index in [1.165, 1.54) is 0 Å². The summed E-state index contributed by atoms with van der Waals surface area (Å²) >= 11 is 0. The maximum Gasteiger partial charge on any atom is 0.308 e. The Morgan fingerprint density at radius 1 is 0.514 bits per heavy atom. The SMILES string of the molecule is C=C1COCC[C@H]2C[C@@H](C)C(=O)/C=C/C(C)=C/[C@H](CO)[C@@H](CC)OC(=O)C[C@@H](OC1)[C@H](C)[C@H]2OC1O[C@H](C)[C@@H](O)[C@H](N(C)C)[C@H]1O.C=C1COCC[C@H]2C[C@@H](C)C(=O)/C=C/C(C)=C/[C@H](COC3O[C@H](C)[C@@H](OC)[C@@H](OC)[C@H]3OC)[C@@H](CC)OC(=O)C[C@@H](OC1)[C@H](C)[C@H]2OC1O[C@H](C)[C@@H](O)[C@H](N(C)C)[C@H]1O. The van der Waals surface area contributed by atoms with Crippen LogP contribution in [0.3, 0.4) is 0 Å². The van der Waals surface area contributed by atoms with Crippen molar-refractivity contribution in [2.75, 3.05) is 102 Å². The van der Waals surface area contributed by atoms with Gasteiger partial charge in [0.1, 0.15) is 42.7 Å². The number of methoxy groups -OCH3 is 3. The molecule has 5 fully saturated rings. The fourth-order valence-electron chi connectivity index (χ4n) is 15.7. The summed E-state index contributed by atoms with van der Waals surface area (Å²) in [7, 11) is 11.9. The van der Waals surface area contributed by atoms with E-state index in [-0.39, 0.29) is 94.0 Å². The van der Waals surface area contributed by atoms with Gasteiger partial charge in [0, 0.05) is 70.1 Å². The number of ketones is 2. The summed E-state index contributed by atoms with van der Waals surface area (Å²) in [6.45, 7) is 30.3. The molecule has 0 aromatic carbocycles. The number of carbonyl (C=O) groups is 4. The van der Waals surface area contributed by atoms with Crippen molar-refractivity contribution in [1.29, 1.82) is 0 Å². The molecular formula is C79H130N2O24. The molecule has 0 spiro atoms. The Morgan fingerprint density at radius 2 is 0.914 bits per heavy atom. The quantitative estimate of drug-likeness (QED) is 0.0869. The van der Waals surface area contributed by atoms with Gasteiger partial charge in [0.15, 0.2) is 30.4 Å². The van der Waals surface area contributed by atoms with Gasteiger partial charge < -0.3 is 106 Å². The van der Waals surface area contributed by atoms with Crippen LogP contribution in [0.2, 0.25) is 0 Å². The molecule has 4 bridgehead atoms. The van der Waals surface area contributed by atoms with E-state index in [0.717, 1.165) is 16.7 Å². The molecule has 26 nitrogen and oxygen atoms in total. The lowest BCUT2D eigenvalue weighted by Gasteiger charge is -2.47. The number of allylic oxidation sites excluding steroid dienone is 6. The molecule has 0 radical (unpaired) electrons. The Bertz CT molecular complexity index is 2850. The molecule has 26 heteroatoms. The molecule has 29 atom stereocenters. The third-order valence-corrected chi connectivity index (χ3v) is 21.9. The highest BCUT2D eigenvalue weighted by molar-refractivity contribution is 5.92. The summed E-state index contributed by atoms with van der Waals surface area (Å²) in [6, 6.07) is -1.31. The van der Waals surface area contributed by atoms with E-state index in [4.69, 9.17) is 71.1 Å². The van der Waals surface area contributed by atoms with Gasteiger partial charge in [0.05, 0.1) is 120 Å². The van der Waals surface area contributed by atoms with E-state index in [1.807, 2.05) is 74.5 Å². The van der Waals surface area contributed by atoms with E-state index < -0.39 is 158 Å². The molecule has 3 unspecified atom stereocenters. The number of aliphatic hydroxyl groups excluding tert-OH is 5. The van der Waals surface area contributed by atoms with Gasteiger partial charge >= 0.3 is 11.9 Å².